The van der Waals surface area contributed by atoms with Crippen molar-refractivity contribution in [1.82, 2.24) is 9.88 Å². The maximum absolute atomic E-state index is 11.8. The molecule has 1 atom stereocenters. The second-order valence-electron chi connectivity index (χ2n) is 4.58. The molecule has 0 aromatic carbocycles. The van der Waals surface area contributed by atoms with Gasteiger partial charge in [0.2, 0.25) is 0 Å². The van der Waals surface area contributed by atoms with Crippen molar-refractivity contribution in [2.45, 2.75) is 32.4 Å². The number of esters is 1. The van der Waals surface area contributed by atoms with Gasteiger partial charge in [-0.2, -0.15) is 0 Å². The van der Waals surface area contributed by atoms with Gasteiger partial charge in [0.05, 0.1) is 18.3 Å². The molecule has 1 fully saturated rings. The zero-order chi connectivity index (χ0) is 12.4. The highest BCUT2D eigenvalue weighted by atomic mass is 32.1. The first-order valence-electron chi connectivity index (χ1n) is 5.80. The van der Waals surface area contributed by atoms with Gasteiger partial charge in [-0.25, -0.2) is 4.98 Å². The van der Waals surface area contributed by atoms with Crippen LogP contribution in [0.3, 0.4) is 0 Å². The quantitative estimate of drug-likeness (QED) is 0.752. The molecule has 0 amide bonds. The number of likely N-dealkylation sites (N-methyl/N-ethyl adjacent to an activating group) is 1. The van der Waals surface area contributed by atoms with E-state index < -0.39 is 0 Å². The predicted molar refractivity (Wildman–Crippen MR) is 66.8 cm³/mol. The Hall–Kier alpha value is -0.940. The van der Waals surface area contributed by atoms with Crippen molar-refractivity contribution in [2.75, 3.05) is 14.2 Å². The molecule has 1 saturated carbocycles. The van der Waals surface area contributed by atoms with E-state index in [4.69, 9.17) is 4.74 Å². The Morgan fingerprint density at radius 1 is 1.71 bits per heavy atom. The Labute approximate surface area is 106 Å². The topological polar surface area (TPSA) is 42.4 Å². The highest BCUT2D eigenvalue weighted by Crippen LogP contribution is 2.36. The predicted octanol–water partition coefficient (Wildman–Crippen LogP) is 1.83. The van der Waals surface area contributed by atoms with Gasteiger partial charge in [-0.15, -0.1) is 11.3 Å². The molecule has 1 aliphatic carbocycles. The molecule has 1 heterocycles. The van der Waals surface area contributed by atoms with Gasteiger partial charge in [-0.3, -0.25) is 9.69 Å². The monoisotopic (exact) mass is 254 g/mol. The van der Waals surface area contributed by atoms with Gasteiger partial charge in [-0.1, -0.05) is 0 Å². The van der Waals surface area contributed by atoms with Crippen LogP contribution in [0.2, 0.25) is 0 Å². The summed E-state index contributed by atoms with van der Waals surface area (Å²) in [6.45, 7) is 2.77. The van der Waals surface area contributed by atoms with Crippen LogP contribution in [0.4, 0.5) is 0 Å². The smallest absolute Gasteiger partial charge is 0.323 e. The summed E-state index contributed by atoms with van der Waals surface area (Å²) in [5, 5.41) is 0. The second-order valence-corrected chi connectivity index (χ2v) is 5.52. The van der Waals surface area contributed by atoms with Gasteiger partial charge < -0.3 is 4.74 Å². The third-order valence-corrected chi connectivity index (χ3v) is 4.14. The van der Waals surface area contributed by atoms with Crippen LogP contribution >= 0.6 is 11.3 Å². The number of carbonyl (C=O) groups excluding carboxylic acids is 1. The van der Waals surface area contributed by atoms with Crippen LogP contribution in [-0.2, 0) is 16.1 Å². The van der Waals surface area contributed by atoms with Crippen molar-refractivity contribution >= 4 is 17.3 Å². The Morgan fingerprint density at radius 3 is 2.88 bits per heavy atom. The molecule has 1 aromatic heterocycles. The summed E-state index contributed by atoms with van der Waals surface area (Å²) in [4.78, 5) is 19.3. The Kier molecular flexibility index (Phi) is 3.79. The van der Waals surface area contributed by atoms with Crippen LogP contribution in [0, 0.1) is 12.8 Å². The summed E-state index contributed by atoms with van der Waals surface area (Å²) >= 11 is 1.64. The summed E-state index contributed by atoms with van der Waals surface area (Å²) in [6, 6.07) is -0.0958. The fourth-order valence-corrected chi connectivity index (χ4v) is 2.91. The molecule has 4 nitrogen and oxygen atoms in total. The maximum atomic E-state index is 11.8. The average molecular weight is 254 g/mol. The third kappa shape index (κ3) is 2.84. The highest BCUT2D eigenvalue weighted by Gasteiger charge is 2.39. The first kappa shape index (κ1) is 12.5. The number of aromatic nitrogens is 1. The molecular weight excluding hydrogens is 236 g/mol. The molecule has 0 bridgehead atoms. The normalized spacial score (nSPS) is 17.2. The van der Waals surface area contributed by atoms with E-state index in [2.05, 4.69) is 9.88 Å². The molecule has 0 N–H and O–H groups in total. The van der Waals surface area contributed by atoms with Crippen LogP contribution in [0.25, 0.3) is 0 Å². The Bertz CT molecular complexity index is 401. The van der Waals surface area contributed by atoms with E-state index in [1.54, 1.807) is 11.3 Å². The van der Waals surface area contributed by atoms with Gasteiger partial charge >= 0.3 is 5.97 Å². The van der Waals surface area contributed by atoms with Crippen molar-refractivity contribution < 1.29 is 9.53 Å². The summed E-state index contributed by atoms with van der Waals surface area (Å²) in [7, 11) is 3.45. The molecule has 0 saturated heterocycles. The zero-order valence-electron chi connectivity index (χ0n) is 10.5. The second kappa shape index (κ2) is 5.14. The maximum Gasteiger partial charge on any atom is 0.323 e. The van der Waals surface area contributed by atoms with Crippen molar-refractivity contribution in [3.8, 4) is 0 Å². The molecular formula is C12H18N2O2S. The van der Waals surface area contributed by atoms with Crippen LogP contribution in [0.15, 0.2) is 5.51 Å². The van der Waals surface area contributed by atoms with Gasteiger partial charge in [-0.05, 0) is 32.7 Å². The minimum absolute atomic E-state index is 0.0958. The molecule has 0 aliphatic heterocycles. The molecule has 94 valence electrons. The Balaban J connectivity index is 2.04. The summed E-state index contributed by atoms with van der Waals surface area (Å²) < 4.78 is 4.89. The highest BCUT2D eigenvalue weighted by molar-refractivity contribution is 7.09. The molecule has 0 spiro atoms. The van der Waals surface area contributed by atoms with Crippen molar-refractivity contribution in [1.29, 1.82) is 0 Å². The third-order valence-electron chi connectivity index (χ3n) is 3.22. The van der Waals surface area contributed by atoms with E-state index in [1.807, 2.05) is 19.5 Å². The number of carbonyl (C=O) groups is 1. The summed E-state index contributed by atoms with van der Waals surface area (Å²) in [6.07, 6.45) is 2.26. The van der Waals surface area contributed by atoms with Crippen LogP contribution in [0.5, 0.6) is 0 Å². The number of rotatable bonds is 5. The first-order valence-corrected chi connectivity index (χ1v) is 6.68. The lowest BCUT2D eigenvalue weighted by Crippen LogP contribution is -2.40. The lowest BCUT2D eigenvalue weighted by atomic mass is 10.1. The van der Waals surface area contributed by atoms with Gasteiger partial charge in [0.15, 0.2) is 0 Å². The molecule has 1 aliphatic rings. The van der Waals surface area contributed by atoms with E-state index >= 15 is 0 Å². The molecule has 0 radical (unpaired) electrons. The number of nitrogens with zero attached hydrogens (tertiary/aromatic N) is 2. The standard InChI is InChI=1S/C12H18N2O2S/c1-8-10(17-7-13-8)6-14(2)11(9-4-5-9)12(15)16-3/h7,9,11H,4-6H2,1-3H3. The fourth-order valence-electron chi connectivity index (χ4n) is 2.07. The van der Waals surface area contributed by atoms with Crippen molar-refractivity contribution in [3.05, 3.63) is 16.1 Å². The number of methoxy groups -OCH3 is 1. The zero-order valence-corrected chi connectivity index (χ0v) is 11.3. The molecule has 1 aromatic rings. The van der Waals surface area contributed by atoms with Crippen molar-refractivity contribution in [2.24, 2.45) is 5.92 Å². The number of ether oxygens (including phenoxy) is 1. The van der Waals surface area contributed by atoms with Crippen LogP contribution in [-0.4, -0.2) is 36.1 Å². The van der Waals surface area contributed by atoms with E-state index in [0.29, 0.717) is 5.92 Å². The van der Waals surface area contributed by atoms with Crippen molar-refractivity contribution in [3.63, 3.8) is 0 Å². The Morgan fingerprint density at radius 2 is 2.41 bits per heavy atom. The van der Waals surface area contributed by atoms with Crippen LogP contribution < -0.4 is 0 Å². The number of thiazole rings is 1. The van der Waals surface area contributed by atoms with Crippen LogP contribution in [0.1, 0.15) is 23.4 Å². The van der Waals surface area contributed by atoms with Gasteiger partial charge in [0, 0.05) is 11.4 Å². The summed E-state index contributed by atoms with van der Waals surface area (Å²) in [5.41, 5.74) is 2.91. The lowest BCUT2D eigenvalue weighted by molar-refractivity contribution is -0.147. The van der Waals surface area contributed by atoms with Gasteiger partial charge in [0.25, 0.3) is 0 Å². The number of hydrogen-bond acceptors (Lipinski definition) is 5. The SMILES string of the molecule is COC(=O)C(C1CC1)N(C)Cc1scnc1C. The van der Waals surface area contributed by atoms with E-state index in [0.717, 1.165) is 25.1 Å². The number of hydrogen-bond donors (Lipinski definition) is 0. The minimum Gasteiger partial charge on any atom is -0.468 e. The lowest BCUT2D eigenvalue weighted by Gasteiger charge is -2.25. The first-order chi connectivity index (χ1) is 8.13. The van der Waals surface area contributed by atoms with Gasteiger partial charge in [0.1, 0.15) is 6.04 Å². The number of aryl methyl sites for hydroxylation is 1. The summed E-state index contributed by atoms with van der Waals surface area (Å²) in [5.74, 6) is 0.359. The fraction of sp³-hybridized carbons (Fsp3) is 0.667. The minimum atomic E-state index is -0.114. The molecule has 5 heteroatoms. The van der Waals surface area contributed by atoms with E-state index in [-0.39, 0.29) is 12.0 Å². The molecule has 2 rings (SSSR count). The van der Waals surface area contributed by atoms with E-state index in [1.165, 1.54) is 12.0 Å². The molecule has 1 unspecified atom stereocenters. The van der Waals surface area contributed by atoms with E-state index in [9.17, 15) is 4.79 Å². The largest absolute Gasteiger partial charge is 0.468 e. The average Bonchev–Trinajstić information content (AvgIpc) is 3.05. The molecule has 17 heavy (non-hydrogen) atoms.